The van der Waals surface area contributed by atoms with Gasteiger partial charge in [-0.15, -0.1) is 20.4 Å². The molecule has 0 radical (unpaired) electrons. The number of urea groups is 1. The van der Waals surface area contributed by atoms with Gasteiger partial charge in [0.15, 0.2) is 4.34 Å². The monoisotopic (exact) mass is 443 g/mol. The summed E-state index contributed by atoms with van der Waals surface area (Å²) in [5.41, 5.74) is 0. The van der Waals surface area contributed by atoms with Gasteiger partial charge in [0.25, 0.3) is 5.22 Å². The van der Waals surface area contributed by atoms with Crippen molar-refractivity contribution >= 4 is 57.8 Å². The third-order valence-corrected chi connectivity index (χ3v) is 6.30. The molecule has 2 unspecified atom stereocenters. The molecule has 1 aliphatic heterocycles. The van der Waals surface area contributed by atoms with Gasteiger partial charge < -0.3 is 9.73 Å². The molecule has 3 heterocycles. The zero-order valence-electron chi connectivity index (χ0n) is 14.9. The Labute approximate surface area is 172 Å². The second kappa shape index (κ2) is 9.34. The van der Waals surface area contributed by atoms with E-state index >= 15 is 0 Å². The molecule has 2 aromatic heterocycles. The van der Waals surface area contributed by atoms with Crippen LogP contribution < -0.4 is 16.0 Å². The minimum absolute atomic E-state index is 0.0633. The van der Waals surface area contributed by atoms with Crippen molar-refractivity contribution in [2.24, 2.45) is 5.92 Å². The number of thioether (sulfide) groups is 2. The van der Waals surface area contributed by atoms with Gasteiger partial charge in [-0.05, 0) is 12.7 Å². The van der Waals surface area contributed by atoms with Crippen LogP contribution >= 0.6 is 34.9 Å². The Balaban J connectivity index is 1.48. The third kappa shape index (κ3) is 5.42. The van der Waals surface area contributed by atoms with Crippen LogP contribution in [0.15, 0.2) is 14.0 Å². The maximum Gasteiger partial charge on any atom is 0.321 e. The summed E-state index contributed by atoms with van der Waals surface area (Å²) in [7, 11) is 0. The molecule has 0 aliphatic carbocycles. The highest BCUT2D eigenvalue weighted by Crippen LogP contribution is 2.25. The molecule has 2 aromatic rings. The van der Waals surface area contributed by atoms with Crippen LogP contribution in [0.4, 0.5) is 9.93 Å². The van der Waals surface area contributed by atoms with Gasteiger partial charge in [-0.3, -0.25) is 20.2 Å². The average Bonchev–Trinajstić information content (AvgIpc) is 3.26. The number of imide groups is 1. The molecule has 150 valence electrons. The summed E-state index contributed by atoms with van der Waals surface area (Å²) >= 11 is 3.94. The van der Waals surface area contributed by atoms with E-state index in [-0.39, 0.29) is 41.1 Å². The number of anilines is 1. The normalized spacial score (nSPS) is 19.2. The number of carbonyl (C=O) groups excluding carboxylic acids is 3. The topological polar surface area (TPSA) is 152 Å². The van der Waals surface area contributed by atoms with E-state index in [0.29, 0.717) is 5.13 Å². The number of rotatable bonds is 8. The molecular weight excluding hydrogens is 426 g/mol. The van der Waals surface area contributed by atoms with Crippen molar-refractivity contribution in [3.05, 3.63) is 5.89 Å². The largest absolute Gasteiger partial charge is 0.416 e. The van der Waals surface area contributed by atoms with Crippen LogP contribution in [0.25, 0.3) is 0 Å². The molecule has 11 nitrogen and oxygen atoms in total. The fraction of sp³-hybridized carbons (Fsp3) is 0.500. The molecule has 1 aliphatic rings. The highest BCUT2D eigenvalue weighted by atomic mass is 32.2. The minimum atomic E-state index is -0.516. The fourth-order valence-electron chi connectivity index (χ4n) is 2.34. The summed E-state index contributed by atoms with van der Waals surface area (Å²) < 4.78 is 6.28. The Kier molecular flexibility index (Phi) is 6.85. The van der Waals surface area contributed by atoms with Crippen LogP contribution in [0, 0.1) is 5.92 Å². The van der Waals surface area contributed by atoms with E-state index in [1.54, 1.807) is 18.7 Å². The summed E-state index contributed by atoms with van der Waals surface area (Å²) in [6, 6.07) is -0.866. The summed E-state index contributed by atoms with van der Waals surface area (Å²) in [4.78, 5) is 35.2. The van der Waals surface area contributed by atoms with Crippen molar-refractivity contribution < 1.29 is 18.8 Å². The van der Waals surface area contributed by atoms with Gasteiger partial charge in [0.2, 0.25) is 22.8 Å². The van der Waals surface area contributed by atoms with E-state index in [2.05, 4.69) is 36.3 Å². The number of carbonyl (C=O) groups is 3. The lowest BCUT2D eigenvalue weighted by molar-refractivity contribution is -0.125. The van der Waals surface area contributed by atoms with Gasteiger partial charge in [-0.2, -0.15) is 0 Å². The van der Waals surface area contributed by atoms with Crippen molar-refractivity contribution in [3.63, 3.8) is 0 Å². The van der Waals surface area contributed by atoms with E-state index in [9.17, 15) is 14.4 Å². The number of nitrogens with zero attached hydrogens (tertiary/aromatic N) is 4. The van der Waals surface area contributed by atoms with Crippen LogP contribution in [-0.4, -0.2) is 55.8 Å². The Morgan fingerprint density at radius 2 is 2.07 bits per heavy atom. The Morgan fingerprint density at radius 3 is 2.82 bits per heavy atom. The Bertz CT molecular complexity index is 871. The van der Waals surface area contributed by atoms with Crippen LogP contribution in [-0.2, 0) is 16.0 Å². The predicted molar refractivity (Wildman–Crippen MR) is 103 cm³/mol. The number of amides is 4. The molecule has 0 spiro atoms. The maximum absolute atomic E-state index is 12.0. The Morgan fingerprint density at radius 1 is 1.25 bits per heavy atom. The minimum Gasteiger partial charge on any atom is -0.416 e. The van der Waals surface area contributed by atoms with Crippen molar-refractivity contribution in [2.75, 3.05) is 16.8 Å². The quantitative estimate of drug-likeness (QED) is 0.400. The summed E-state index contributed by atoms with van der Waals surface area (Å²) in [5, 5.41) is 23.8. The molecule has 3 N–H and O–H groups in total. The first-order valence-corrected chi connectivity index (χ1v) is 11.1. The van der Waals surface area contributed by atoms with Crippen LogP contribution in [0.2, 0.25) is 0 Å². The fourth-order valence-corrected chi connectivity index (χ4v) is 4.58. The molecular formula is C14H17N7O4S3. The lowest BCUT2D eigenvalue weighted by Gasteiger charge is -2.27. The van der Waals surface area contributed by atoms with Crippen molar-refractivity contribution in [3.8, 4) is 0 Å². The molecule has 14 heteroatoms. The second-order valence-electron chi connectivity index (χ2n) is 5.67. The highest BCUT2D eigenvalue weighted by molar-refractivity contribution is 8.01. The molecule has 4 amide bonds. The van der Waals surface area contributed by atoms with Gasteiger partial charge in [0, 0.05) is 12.5 Å². The lowest BCUT2D eigenvalue weighted by atomic mass is 9.95. The van der Waals surface area contributed by atoms with Gasteiger partial charge in [0.1, 0.15) is 0 Å². The van der Waals surface area contributed by atoms with E-state index in [1.165, 1.54) is 11.3 Å². The van der Waals surface area contributed by atoms with Gasteiger partial charge in [-0.1, -0.05) is 41.8 Å². The number of nitrogens with one attached hydrogen (secondary N) is 3. The zero-order chi connectivity index (χ0) is 20.1. The first kappa shape index (κ1) is 20.5. The number of hydrogen-bond donors (Lipinski definition) is 3. The molecule has 3 rings (SSSR count). The molecule has 0 bridgehead atoms. The van der Waals surface area contributed by atoms with Crippen LogP contribution in [0.5, 0.6) is 0 Å². The van der Waals surface area contributed by atoms with E-state index in [4.69, 9.17) is 4.42 Å². The van der Waals surface area contributed by atoms with Gasteiger partial charge >= 0.3 is 6.03 Å². The van der Waals surface area contributed by atoms with Gasteiger partial charge in [0.05, 0.1) is 11.7 Å². The SMILES string of the molecule is CCSc1nnc(NC(=O)CSc2nnc(CC3C(=O)NC(=O)NC3C)o2)s1. The van der Waals surface area contributed by atoms with E-state index < -0.39 is 11.9 Å². The zero-order valence-corrected chi connectivity index (χ0v) is 17.4. The van der Waals surface area contributed by atoms with Crippen LogP contribution in [0.1, 0.15) is 19.7 Å². The smallest absolute Gasteiger partial charge is 0.321 e. The second-order valence-corrected chi connectivity index (χ2v) is 9.08. The number of aromatic nitrogens is 4. The average molecular weight is 444 g/mol. The molecule has 2 atom stereocenters. The maximum atomic E-state index is 12.0. The summed E-state index contributed by atoms with van der Waals surface area (Å²) in [6.45, 7) is 3.74. The molecule has 1 saturated heterocycles. The van der Waals surface area contributed by atoms with Crippen molar-refractivity contribution in [1.29, 1.82) is 0 Å². The third-order valence-electron chi connectivity index (χ3n) is 3.63. The molecule has 0 saturated carbocycles. The summed E-state index contributed by atoms with van der Waals surface area (Å²) in [5.74, 6) is 0.0420. The first-order chi connectivity index (χ1) is 13.4. The molecule has 0 aromatic carbocycles. The summed E-state index contributed by atoms with van der Waals surface area (Å²) in [6.07, 6.45) is 0.190. The standard InChI is InChI=1S/C14H17N7O4S3/c1-3-26-14-21-19-12(28-14)16-8(22)5-27-13-20-18-9(25-13)4-7-6(2)15-11(24)17-10(7)23/h6-7H,3-5H2,1-2H3,(H,16,19,22)(H2,15,17,23,24). The van der Waals surface area contributed by atoms with E-state index in [1.807, 2.05) is 6.92 Å². The lowest BCUT2D eigenvalue weighted by Crippen LogP contribution is -2.57. The molecule has 28 heavy (non-hydrogen) atoms. The van der Waals surface area contributed by atoms with Crippen molar-refractivity contribution in [2.45, 2.75) is 35.9 Å². The van der Waals surface area contributed by atoms with Crippen LogP contribution in [0.3, 0.4) is 0 Å². The Hall–Kier alpha value is -2.19. The highest BCUT2D eigenvalue weighted by Gasteiger charge is 2.34. The van der Waals surface area contributed by atoms with Gasteiger partial charge in [-0.25, -0.2) is 4.79 Å². The van der Waals surface area contributed by atoms with Crippen molar-refractivity contribution in [1.82, 2.24) is 31.0 Å². The first-order valence-electron chi connectivity index (χ1n) is 8.27. The predicted octanol–water partition coefficient (Wildman–Crippen LogP) is 1.15. The molecule has 1 fully saturated rings. The van der Waals surface area contributed by atoms with E-state index in [0.717, 1.165) is 21.9 Å². The number of hydrogen-bond acceptors (Lipinski definition) is 11.